The molecular weight excluding hydrogens is 365 g/mol. The number of anilines is 1. The molecule has 2 rings (SSSR count). The number of halogens is 2. The van der Waals surface area contributed by atoms with E-state index in [-0.39, 0.29) is 18.1 Å². The lowest BCUT2D eigenvalue weighted by molar-refractivity contribution is -0.115. The minimum absolute atomic E-state index is 0.202. The molecular formula is C18H17Cl2NO4. The standard InChI is InChI=1S/C18H17Cl2NO4/c1-3-17(22)21-16-7-6-13(9-14(16)18(23)24-2)25-10-11-4-5-12(19)8-15(11)20/h4-9H,3,10H2,1-2H3,(H,21,22). The van der Waals surface area contributed by atoms with Crippen LogP contribution in [0, 0.1) is 0 Å². The van der Waals surface area contributed by atoms with Crippen LogP contribution in [0.2, 0.25) is 10.0 Å². The third-order valence-corrected chi connectivity index (χ3v) is 3.99. The Morgan fingerprint density at radius 1 is 1.12 bits per heavy atom. The van der Waals surface area contributed by atoms with E-state index in [1.807, 2.05) is 0 Å². The molecule has 7 heteroatoms. The van der Waals surface area contributed by atoms with Crippen molar-refractivity contribution in [1.82, 2.24) is 0 Å². The zero-order valence-electron chi connectivity index (χ0n) is 13.8. The van der Waals surface area contributed by atoms with Crippen LogP contribution in [0.5, 0.6) is 5.75 Å². The number of methoxy groups -OCH3 is 1. The number of nitrogens with one attached hydrogen (secondary N) is 1. The number of hydrogen-bond acceptors (Lipinski definition) is 4. The van der Waals surface area contributed by atoms with Gasteiger partial charge in [0.25, 0.3) is 0 Å². The van der Waals surface area contributed by atoms with Crippen molar-refractivity contribution in [3.63, 3.8) is 0 Å². The zero-order valence-corrected chi connectivity index (χ0v) is 15.3. The first-order chi connectivity index (χ1) is 11.9. The van der Waals surface area contributed by atoms with Gasteiger partial charge in [-0.25, -0.2) is 4.79 Å². The van der Waals surface area contributed by atoms with Gasteiger partial charge in [-0.2, -0.15) is 0 Å². The monoisotopic (exact) mass is 381 g/mol. The largest absolute Gasteiger partial charge is 0.489 e. The third-order valence-electron chi connectivity index (χ3n) is 3.40. The van der Waals surface area contributed by atoms with Crippen molar-refractivity contribution in [2.75, 3.05) is 12.4 Å². The molecule has 0 fully saturated rings. The molecule has 0 bridgehead atoms. The lowest BCUT2D eigenvalue weighted by atomic mass is 10.1. The normalized spacial score (nSPS) is 10.2. The fourth-order valence-electron chi connectivity index (χ4n) is 2.04. The summed E-state index contributed by atoms with van der Waals surface area (Å²) < 4.78 is 10.4. The summed E-state index contributed by atoms with van der Waals surface area (Å²) in [7, 11) is 1.27. The van der Waals surface area contributed by atoms with E-state index in [1.165, 1.54) is 13.2 Å². The van der Waals surface area contributed by atoms with Crippen LogP contribution in [0.3, 0.4) is 0 Å². The molecule has 2 aromatic carbocycles. The average molecular weight is 382 g/mol. The highest BCUT2D eigenvalue weighted by atomic mass is 35.5. The van der Waals surface area contributed by atoms with E-state index < -0.39 is 5.97 Å². The Kier molecular flexibility index (Phi) is 6.67. The van der Waals surface area contributed by atoms with Crippen LogP contribution < -0.4 is 10.1 Å². The van der Waals surface area contributed by atoms with Gasteiger partial charge < -0.3 is 14.8 Å². The van der Waals surface area contributed by atoms with Gasteiger partial charge in [0.05, 0.1) is 18.4 Å². The van der Waals surface area contributed by atoms with Crippen molar-refractivity contribution in [1.29, 1.82) is 0 Å². The Labute approximate surface area is 155 Å². The summed E-state index contributed by atoms with van der Waals surface area (Å²) in [6, 6.07) is 9.88. The van der Waals surface area contributed by atoms with Crippen LogP contribution in [0.25, 0.3) is 0 Å². The predicted octanol–water partition coefficient (Wildman–Crippen LogP) is 4.71. The second kappa shape index (κ2) is 8.74. The van der Waals surface area contributed by atoms with Gasteiger partial charge in [0.1, 0.15) is 12.4 Å². The molecule has 0 saturated carbocycles. The molecule has 0 atom stereocenters. The second-order valence-electron chi connectivity index (χ2n) is 5.13. The summed E-state index contributed by atoms with van der Waals surface area (Å²) in [6.07, 6.45) is 0.300. The lowest BCUT2D eigenvalue weighted by Gasteiger charge is -2.13. The molecule has 0 radical (unpaired) electrons. The van der Waals surface area contributed by atoms with Crippen molar-refractivity contribution < 1.29 is 19.1 Å². The van der Waals surface area contributed by atoms with E-state index in [0.29, 0.717) is 27.9 Å². The third kappa shape index (κ3) is 5.11. The quantitative estimate of drug-likeness (QED) is 0.735. The van der Waals surface area contributed by atoms with Gasteiger partial charge in [-0.1, -0.05) is 36.2 Å². The predicted molar refractivity (Wildman–Crippen MR) is 97.5 cm³/mol. The minimum Gasteiger partial charge on any atom is -0.489 e. The van der Waals surface area contributed by atoms with Gasteiger partial charge in [0.15, 0.2) is 0 Å². The highest BCUT2D eigenvalue weighted by Gasteiger charge is 2.15. The smallest absolute Gasteiger partial charge is 0.340 e. The molecule has 2 aromatic rings. The molecule has 0 spiro atoms. The highest BCUT2D eigenvalue weighted by Crippen LogP contribution is 2.26. The van der Waals surface area contributed by atoms with Crippen molar-refractivity contribution >= 4 is 40.8 Å². The highest BCUT2D eigenvalue weighted by molar-refractivity contribution is 6.35. The van der Waals surface area contributed by atoms with Crippen LogP contribution in [0.1, 0.15) is 29.3 Å². The van der Waals surface area contributed by atoms with Crippen LogP contribution in [-0.4, -0.2) is 19.0 Å². The molecule has 132 valence electrons. The number of amides is 1. The molecule has 0 saturated heterocycles. The van der Waals surface area contributed by atoms with E-state index in [0.717, 1.165) is 5.56 Å². The molecule has 0 aliphatic rings. The first-order valence-corrected chi connectivity index (χ1v) is 8.29. The maximum absolute atomic E-state index is 12.0. The van der Waals surface area contributed by atoms with E-state index in [4.69, 9.17) is 32.7 Å². The number of benzene rings is 2. The Morgan fingerprint density at radius 2 is 1.88 bits per heavy atom. The zero-order chi connectivity index (χ0) is 18.4. The first-order valence-electron chi connectivity index (χ1n) is 7.53. The molecule has 25 heavy (non-hydrogen) atoms. The number of carbonyl (C=O) groups excluding carboxylic acids is 2. The maximum atomic E-state index is 12.0. The molecule has 0 aromatic heterocycles. The van der Waals surface area contributed by atoms with Gasteiger partial charge in [-0.3, -0.25) is 4.79 Å². The number of rotatable bonds is 6. The number of esters is 1. The summed E-state index contributed by atoms with van der Waals surface area (Å²) in [4.78, 5) is 23.5. The number of ether oxygens (including phenoxy) is 2. The molecule has 5 nitrogen and oxygen atoms in total. The molecule has 0 aliphatic carbocycles. The topological polar surface area (TPSA) is 64.6 Å². The van der Waals surface area contributed by atoms with Crippen molar-refractivity contribution in [2.45, 2.75) is 20.0 Å². The minimum atomic E-state index is -0.568. The van der Waals surface area contributed by atoms with Gasteiger partial charge >= 0.3 is 5.97 Å². The molecule has 0 aliphatic heterocycles. The van der Waals surface area contributed by atoms with E-state index in [2.05, 4.69) is 5.32 Å². The van der Waals surface area contributed by atoms with Gasteiger partial charge in [-0.05, 0) is 30.3 Å². The molecule has 0 heterocycles. The SMILES string of the molecule is CCC(=O)Nc1ccc(OCc2ccc(Cl)cc2Cl)cc1C(=O)OC. The Bertz CT molecular complexity index is 793. The van der Waals surface area contributed by atoms with Crippen LogP contribution in [-0.2, 0) is 16.1 Å². The second-order valence-corrected chi connectivity index (χ2v) is 5.97. The van der Waals surface area contributed by atoms with Gasteiger partial charge in [-0.15, -0.1) is 0 Å². The Morgan fingerprint density at radius 3 is 2.52 bits per heavy atom. The van der Waals surface area contributed by atoms with Crippen LogP contribution in [0.15, 0.2) is 36.4 Å². The Balaban J connectivity index is 2.21. The average Bonchev–Trinajstić information content (AvgIpc) is 2.61. The Hall–Kier alpha value is -2.24. The number of carbonyl (C=O) groups is 2. The molecule has 0 unspecified atom stereocenters. The van der Waals surface area contributed by atoms with Gasteiger partial charge in [0, 0.05) is 22.0 Å². The summed E-state index contributed by atoms with van der Waals surface area (Å²) in [6.45, 7) is 1.93. The fraction of sp³-hybridized carbons (Fsp3) is 0.222. The van der Waals surface area contributed by atoms with Crippen molar-refractivity contribution in [3.05, 3.63) is 57.6 Å². The number of hydrogen-bond donors (Lipinski definition) is 1. The summed E-state index contributed by atoms with van der Waals surface area (Å²) >= 11 is 12.0. The van der Waals surface area contributed by atoms with Crippen LogP contribution >= 0.6 is 23.2 Å². The van der Waals surface area contributed by atoms with E-state index >= 15 is 0 Å². The first kappa shape index (κ1) is 19.1. The summed E-state index contributed by atoms with van der Waals surface area (Å²) in [5.41, 5.74) is 1.34. The molecule has 1 N–H and O–H groups in total. The summed E-state index contributed by atoms with van der Waals surface area (Å²) in [5, 5.41) is 3.69. The van der Waals surface area contributed by atoms with Gasteiger partial charge in [0.2, 0.25) is 5.91 Å². The van der Waals surface area contributed by atoms with E-state index in [1.54, 1.807) is 37.3 Å². The van der Waals surface area contributed by atoms with Crippen molar-refractivity contribution in [3.8, 4) is 5.75 Å². The molecule has 1 amide bonds. The van der Waals surface area contributed by atoms with E-state index in [9.17, 15) is 9.59 Å². The summed E-state index contributed by atoms with van der Waals surface area (Å²) in [5.74, 6) is -0.325. The maximum Gasteiger partial charge on any atom is 0.340 e. The fourth-order valence-corrected chi connectivity index (χ4v) is 2.50. The van der Waals surface area contributed by atoms with Crippen molar-refractivity contribution in [2.24, 2.45) is 0 Å². The lowest BCUT2D eigenvalue weighted by Crippen LogP contribution is -2.14. The van der Waals surface area contributed by atoms with Crippen LogP contribution in [0.4, 0.5) is 5.69 Å².